The molecule has 112 valence electrons. The van der Waals surface area contributed by atoms with Crippen LogP contribution in [0.25, 0.3) is 0 Å². The zero-order valence-corrected chi connectivity index (χ0v) is 12.4. The highest BCUT2D eigenvalue weighted by atomic mass is 16.3. The van der Waals surface area contributed by atoms with E-state index in [1.807, 2.05) is 13.8 Å². The molecule has 2 aromatic rings. The van der Waals surface area contributed by atoms with Crippen molar-refractivity contribution in [1.29, 1.82) is 0 Å². The third kappa shape index (κ3) is 3.16. The topological polar surface area (TPSA) is 95.2 Å². The van der Waals surface area contributed by atoms with Crippen LogP contribution in [0.1, 0.15) is 41.5 Å². The Kier molecular flexibility index (Phi) is 4.16. The van der Waals surface area contributed by atoms with Gasteiger partial charge in [-0.05, 0) is 23.6 Å². The van der Waals surface area contributed by atoms with E-state index in [4.69, 9.17) is 5.73 Å². The number of phenols is 1. The molecule has 0 radical (unpaired) electrons. The van der Waals surface area contributed by atoms with Crippen molar-refractivity contribution in [3.63, 3.8) is 0 Å². The van der Waals surface area contributed by atoms with Crippen LogP contribution in [0.5, 0.6) is 5.75 Å². The van der Waals surface area contributed by atoms with Crippen LogP contribution in [0.4, 0.5) is 5.69 Å². The minimum absolute atomic E-state index is 0.182. The maximum Gasteiger partial charge on any atom is 0.276 e. The van der Waals surface area contributed by atoms with Gasteiger partial charge in [-0.3, -0.25) is 9.89 Å². The average molecular weight is 288 g/mol. The predicted octanol–water partition coefficient (Wildman–Crippen LogP) is 2.09. The van der Waals surface area contributed by atoms with E-state index in [9.17, 15) is 9.90 Å². The van der Waals surface area contributed by atoms with E-state index in [1.165, 1.54) is 0 Å². The Balaban J connectivity index is 2.14. The maximum absolute atomic E-state index is 12.4. The van der Waals surface area contributed by atoms with E-state index in [0.717, 1.165) is 11.3 Å². The van der Waals surface area contributed by atoms with Crippen LogP contribution in [-0.2, 0) is 6.54 Å². The Morgan fingerprint density at radius 3 is 2.52 bits per heavy atom. The molecule has 1 heterocycles. The fraction of sp³-hybridized carbons (Fsp3) is 0.333. The molecular weight excluding hydrogens is 268 g/mol. The number of nitrogens with one attached hydrogen (secondary N) is 1. The second kappa shape index (κ2) is 5.87. The Morgan fingerprint density at radius 1 is 1.38 bits per heavy atom. The fourth-order valence-corrected chi connectivity index (χ4v) is 2.10. The zero-order chi connectivity index (χ0) is 15.6. The second-order valence-corrected chi connectivity index (χ2v) is 5.38. The van der Waals surface area contributed by atoms with Gasteiger partial charge in [-0.25, -0.2) is 0 Å². The van der Waals surface area contributed by atoms with E-state index >= 15 is 0 Å². The van der Waals surface area contributed by atoms with Crippen LogP contribution in [0.3, 0.4) is 0 Å². The highest BCUT2D eigenvalue weighted by molar-refractivity contribution is 5.97. The van der Waals surface area contributed by atoms with Gasteiger partial charge >= 0.3 is 0 Å². The van der Waals surface area contributed by atoms with Gasteiger partial charge in [0.05, 0.1) is 11.4 Å². The summed E-state index contributed by atoms with van der Waals surface area (Å²) in [4.78, 5) is 13.9. The number of aromatic nitrogens is 2. The molecule has 0 fully saturated rings. The minimum atomic E-state index is -0.233. The van der Waals surface area contributed by atoms with E-state index < -0.39 is 0 Å². The second-order valence-electron chi connectivity index (χ2n) is 5.38. The molecule has 1 aromatic carbocycles. The highest BCUT2D eigenvalue weighted by Crippen LogP contribution is 2.23. The molecule has 6 nitrogen and oxygen atoms in total. The lowest BCUT2D eigenvalue weighted by Gasteiger charge is -2.16. The van der Waals surface area contributed by atoms with Crippen LogP contribution in [0.2, 0.25) is 0 Å². The smallest absolute Gasteiger partial charge is 0.276 e. The number of amides is 1. The summed E-state index contributed by atoms with van der Waals surface area (Å²) in [6.45, 7) is 4.39. The van der Waals surface area contributed by atoms with Crippen LogP contribution < -0.4 is 5.73 Å². The van der Waals surface area contributed by atoms with Crippen molar-refractivity contribution in [2.75, 3.05) is 12.8 Å². The first-order chi connectivity index (χ1) is 9.90. The Bertz CT molecular complexity index is 632. The van der Waals surface area contributed by atoms with E-state index in [1.54, 1.807) is 36.2 Å². The first kappa shape index (κ1) is 14.9. The molecule has 1 amide bonds. The lowest BCUT2D eigenvalue weighted by atomic mass is 10.1. The summed E-state index contributed by atoms with van der Waals surface area (Å²) < 4.78 is 0. The number of anilines is 1. The van der Waals surface area contributed by atoms with Crippen LogP contribution in [0.15, 0.2) is 24.3 Å². The van der Waals surface area contributed by atoms with Gasteiger partial charge in [0, 0.05) is 13.6 Å². The van der Waals surface area contributed by atoms with Crippen LogP contribution in [0, 0.1) is 0 Å². The molecule has 2 rings (SSSR count). The summed E-state index contributed by atoms with van der Waals surface area (Å²) >= 11 is 0. The molecule has 0 atom stereocenters. The lowest BCUT2D eigenvalue weighted by molar-refractivity contribution is 0.0780. The lowest BCUT2D eigenvalue weighted by Crippen LogP contribution is -2.27. The Morgan fingerprint density at radius 2 is 2.00 bits per heavy atom. The van der Waals surface area contributed by atoms with E-state index in [0.29, 0.717) is 12.2 Å². The van der Waals surface area contributed by atoms with Gasteiger partial charge in [-0.15, -0.1) is 0 Å². The first-order valence-electron chi connectivity index (χ1n) is 6.77. The number of benzene rings is 1. The molecule has 21 heavy (non-hydrogen) atoms. The molecule has 0 aliphatic rings. The number of hydrogen-bond donors (Lipinski definition) is 3. The summed E-state index contributed by atoms with van der Waals surface area (Å²) in [5.41, 5.74) is 8.33. The summed E-state index contributed by atoms with van der Waals surface area (Å²) in [5.74, 6) is 0.149. The van der Waals surface area contributed by atoms with E-state index in [-0.39, 0.29) is 23.3 Å². The molecule has 0 saturated heterocycles. The van der Waals surface area contributed by atoms with Crippen molar-refractivity contribution in [2.45, 2.75) is 26.3 Å². The standard InChI is InChI=1S/C15H20N4O2/c1-9(2)13-12(16)14(18-17-13)15(21)19(3)8-10-4-6-11(20)7-5-10/h4-7,9,20H,8,16H2,1-3H3,(H,17,18). The number of nitrogen functional groups attached to an aromatic ring is 1. The quantitative estimate of drug-likeness (QED) is 0.802. The Hall–Kier alpha value is -2.50. The molecule has 1 aromatic heterocycles. The molecule has 0 aliphatic carbocycles. The number of H-pyrrole nitrogens is 1. The molecule has 0 unspecified atom stereocenters. The van der Waals surface area contributed by atoms with Crippen LogP contribution >= 0.6 is 0 Å². The summed E-state index contributed by atoms with van der Waals surface area (Å²) in [6, 6.07) is 6.72. The number of nitrogens with two attached hydrogens (primary N) is 1. The maximum atomic E-state index is 12.4. The molecule has 0 bridgehead atoms. The molecule has 0 aliphatic heterocycles. The number of rotatable bonds is 4. The zero-order valence-electron chi connectivity index (χ0n) is 12.4. The Labute approximate surface area is 123 Å². The fourth-order valence-electron chi connectivity index (χ4n) is 2.10. The number of carbonyl (C=O) groups is 1. The van der Waals surface area contributed by atoms with Crippen molar-refractivity contribution in [3.8, 4) is 5.75 Å². The van der Waals surface area contributed by atoms with Crippen molar-refractivity contribution < 1.29 is 9.90 Å². The number of nitrogens with zero attached hydrogens (tertiary/aromatic N) is 2. The summed E-state index contributed by atoms with van der Waals surface area (Å²) in [6.07, 6.45) is 0. The van der Waals surface area contributed by atoms with Crippen molar-refractivity contribution in [2.24, 2.45) is 0 Å². The van der Waals surface area contributed by atoms with Crippen molar-refractivity contribution >= 4 is 11.6 Å². The van der Waals surface area contributed by atoms with Crippen molar-refractivity contribution in [1.82, 2.24) is 15.1 Å². The predicted molar refractivity (Wildman–Crippen MR) is 81.0 cm³/mol. The SMILES string of the molecule is CC(C)c1[nH]nc(C(=O)N(C)Cc2ccc(O)cc2)c1N. The summed E-state index contributed by atoms with van der Waals surface area (Å²) in [7, 11) is 1.69. The number of hydrogen-bond acceptors (Lipinski definition) is 4. The van der Waals surface area contributed by atoms with Gasteiger partial charge in [0.25, 0.3) is 5.91 Å². The van der Waals surface area contributed by atoms with Gasteiger partial charge in [0.1, 0.15) is 5.75 Å². The number of carbonyl (C=O) groups excluding carboxylic acids is 1. The third-order valence-electron chi connectivity index (χ3n) is 3.32. The minimum Gasteiger partial charge on any atom is -0.508 e. The number of aromatic hydroxyl groups is 1. The van der Waals surface area contributed by atoms with Gasteiger partial charge in [-0.2, -0.15) is 5.10 Å². The highest BCUT2D eigenvalue weighted by Gasteiger charge is 2.21. The normalized spacial score (nSPS) is 10.9. The third-order valence-corrected chi connectivity index (χ3v) is 3.32. The molecular formula is C15H20N4O2. The average Bonchev–Trinajstić information content (AvgIpc) is 2.82. The van der Waals surface area contributed by atoms with Gasteiger partial charge in [-0.1, -0.05) is 26.0 Å². The number of phenolic OH excluding ortho intramolecular Hbond substituents is 1. The van der Waals surface area contributed by atoms with Crippen molar-refractivity contribution in [3.05, 3.63) is 41.2 Å². The van der Waals surface area contributed by atoms with Gasteiger partial charge in [0.2, 0.25) is 0 Å². The van der Waals surface area contributed by atoms with Gasteiger partial charge < -0.3 is 15.7 Å². The monoisotopic (exact) mass is 288 g/mol. The van der Waals surface area contributed by atoms with Crippen LogP contribution in [-0.4, -0.2) is 33.2 Å². The molecule has 4 N–H and O–H groups in total. The molecule has 0 spiro atoms. The number of aromatic amines is 1. The largest absolute Gasteiger partial charge is 0.508 e. The molecule has 0 saturated carbocycles. The van der Waals surface area contributed by atoms with Gasteiger partial charge in [0.15, 0.2) is 5.69 Å². The molecule has 6 heteroatoms. The van der Waals surface area contributed by atoms with E-state index in [2.05, 4.69) is 10.2 Å². The first-order valence-corrected chi connectivity index (χ1v) is 6.77. The summed E-state index contributed by atoms with van der Waals surface area (Å²) in [5, 5.41) is 16.1.